The summed E-state index contributed by atoms with van der Waals surface area (Å²) >= 11 is 12.3. The van der Waals surface area contributed by atoms with Gasteiger partial charge < -0.3 is 5.32 Å². The molecule has 3 atom stereocenters. The van der Waals surface area contributed by atoms with E-state index in [1.807, 2.05) is 18.2 Å². The lowest BCUT2D eigenvalue weighted by Gasteiger charge is -2.16. The van der Waals surface area contributed by atoms with Crippen molar-refractivity contribution in [2.45, 2.75) is 31.3 Å². The summed E-state index contributed by atoms with van der Waals surface area (Å²) in [4.78, 5) is 0. The van der Waals surface area contributed by atoms with Crippen LogP contribution in [0.1, 0.15) is 36.4 Å². The molecule has 0 amide bonds. The summed E-state index contributed by atoms with van der Waals surface area (Å²) in [5.41, 5.74) is 2.48. The molecule has 104 valence electrons. The van der Waals surface area contributed by atoms with E-state index in [1.165, 1.54) is 12.0 Å². The van der Waals surface area contributed by atoms with Crippen molar-refractivity contribution in [1.29, 1.82) is 0 Å². The molecule has 3 unspecified atom stereocenters. The van der Waals surface area contributed by atoms with Crippen LogP contribution in [0.25, 0.3) is 0 Å². The lowest BCUT2D eigenvalue weighted by atomic mass is 10.1. The molecule has 0 spiro atoms. The SMILES string of the molecule is CC(NC1CC1c1ccccc1)c1cccc(Cl)c1Cl. The standard InChI is InChI=1S/C17H17Cl2N/c1-11(13-8-5-9-15(18)17(13)19)20-16-10-14(16)12-6-3-2-4-7-12/h2-9,11,14,16,20H,10H2,1H3. The Labute approximate surface area is 129 Å². The molecule has 0 saturated heterocycles. The van der Waals surface area contributed by atoms with Crippen LogP contribution < -0.4 is 5.32 Å². The van der Waals surface area contributed by atoms with Gasteiger partial charge in [-0.1, -0.05) is 65.7 Å². The summed E-state index contributed by atoms with van der Waals surface area (Å²) < 4.78 is 0. The molecule has 2 aromatic carbocycles. The van der Waals surface area contributed by atoms with Crippen LogP contribution in [0.2, 0.25) is 10.0 Å². The van der Waals surface area contributed by atoms with Crippen LogP contribution in [0.4, 0.5) is 0 Å². The average molecular weight is 306 g/mol. The van der Waals surface area contributed by atoms with Gasteiger partial charge in [-0.2, -0.15) is 0 Å². The number of hydrogen-bond donors (Lipinski definition) is 1. The minimum atomic E-state index is 0.208. The van der Waals surface area contributed by atoms with Gasteiger partial charge in [-0.25, -0.2) is 0 Å². The van der Waals surface area contributed by atoms with E-state index in [-0.39, 0.29) is 6.04 Å². The Morgan fingerprint density at radius 3 is 2.55 bits per heavy atom. The molecule has 1 N–H and O–H groups in total. The largest absolute Gasteiger partial charge is 0.307 e. The second kappa shape index (κ2) is 5.77. The molecule has 20 heavy (non-hydrogen) atoms. The van der Waals surface area contributed by atoms with Crippen molar-refractivity contribution in [3.05, 3.63) is 69.7 Å². The van der Waals surface area contributed by atoms with Crippen LogP contribution in [0.5, 0.6) is 0 Å². The number of hydrogen-bond acceptors (Lipinski definition) is 1. The van der Waals surface area contributed by atoms with Crippen molar-refractivity contribution in [1.82, 2.24) is 5.32 Å². The monoisotopic (exact) mass is 305 g/mol. The van der Waals surface area contributed by atoms with Gasteiger partial charge in [0.05, 0.1) is 10.0 Å². The Balaban J connectivity index is 1.66. The van der Waals surface area contributed by atoms with Crippen LogP contribution >= 0.6 is 23.2 Å². The highest BCUT2D eigenvalue weighted by atomic mass is 35.5. The smallest absolute Gasteiger partial charge is 0.0639 e. The van der Waals surface area contributed by atoms with Crippen molar-refractivity contribution in [2.75, 3.05) is 0 Å². The molecule has 0 radical (unpaired) electrons. The Morgan fingerprint density at radius 2 is 1.80 bits per heavy atom. The summed E-state index contributed by atoms with van der Waals surface area (Å²) in [5.74, 6) is 0.622. The molecule has 2 aromatic rings. The molecular weight excluding hydrogens is 289 g/mol. The van der Waals surface area contributed by atoms with Crippen molar-refractivity contribution in [3.8, 4) is 0 Å². The average Bonchev–Trinajstić information content (AvgIpc) is 3.22. The molecule has 0 aliphatic heterocycles. The lowest BCUT2D eigenvalue weighted by molar-refractivity contribution is 0.563. The Hall–Kier alpha value is -1.02. The number of halogens is 2. The van der Waals surface area contributed by atoms with Crippen molar-refractivity contribution in [3.63, 3.8) is 0 Å². The van der Waals surface area contributed by atoms with Crippen LogP contribution in [-0.4, -0.2) is 6.04 Å². The van der Waals surface area contributed by atoms with Gasteiger partial charge in [-0.05, 0) is 30.5 Å². The van der Waals surface area contributed by atoms with E-state index in [0.29, 0.717) is 22.0 Å². The minimum Gasteiger partial charge on any atom is -0.307 e. The second-order valence-corrected chi connectivity index (χ2v) is 6.18. The molecule has 1 aliphatic rings. The predicted octanol–water partition coefficient (Wildman–Crippen LogP) is 5.20. The maximum atomic E-state index is 6.27. The van der Waals surface area contributed by atoms with Crippen LogP contribution in [0.3, 0.4) is 0 Å². The molecule has 0 aromatic heterocycles. The second-order valence-electron chi connectivity index (χ2n) is 5.39. The van der Waals surface area contributed by atoms with Crippen LogP contribution in [-0.2, 0) is 0 Å². The molecule has 1 fully saturated rings. The maximum Gasteiger partial charge on any atom is 0.0639 e. The normalized spacial score (nSPS) is 22.6. The highest BCUT2D eigenvalue weighted by Gasteiger charge is 2.39. The fourth-order valence-electron chi connectivity index (χ4n) is 2.71. The Bertz CT molecular complexity index is 597. The van der Waals surface area contributed by atoms with Gasteiger partial charge in [0, 0.05) is 18.0 Å². The van der Waals surface area contributed by atoms with E-state index in [4.69, 9.17) is 23.2 Å². The molecule has 3 heteroatoms. The van der Waals surface area contributed by atoms with Gasteiger partial charge >= 0.3 is 0 Å². The lowest BCUT2D eigenvalue weighted by Crippen LogP contribution is -2.22. The molecule has 3 rings (SSSR count). The van der Waals surface area contributed by atoms with E-state index < -0.39 is 0 Å². The van der Waals surface area contributed by atoms with Crippen molar-refractivity contribution >= 4 is 23.2 Å². The first-order valence-electron chi connectivity index (χ1n) is 6.91. The first-order chi connectivity index (χ1) is 9.66. The Morgan fingerprint density at radius 1 is 1.05 bits per heavy atom. The summed E-state index contributed by atoms with van der Waals surface area (Å²) in [6.07, 6.45) is 1.19. The first-order valence-corrected chi connectivity index (χ1v) is 7.67. The zero-order chi connectivity index (χ0) is 14.1. The molecule has 0 heterocycles. The third-order valence-electron chi connectivity index (χ3n) is 3.93. The molecule has 1 nitrogen and oxygen atoms in total. The fraction of sp³-hybridized carbons (Fsp3) is 0.294. The Kier molecular flexibility index (Phi) is 4.02. The predicted molar refractivity (Wildman–Crippen MR) is 85.6 cm³/mol. The molecular formula is C17H17Cl2N. The highest BCUT2D eigenvalue weighted by molar-refractivity contribution is 6.42. The van der Waals surface area contributed by atoms with Crippen LogP contribution in [0, 0.1) is 0 Å². The van der Waals surface area contributed by atoms with Gasteiger partial charge in [-0.3, -0.25) is 0 Å². The van der Waals surface area contributed by atoms with E-state index in [2.05, 4.69) is 42.6 Å². The van der Waals surface area contributed by atoms with Gasteiger partial charge in [0.2, 0.25) is 0 Å². The molecule has 1 aliphatic carbocycles. The zero-order valence-electron chi connectivity index (χ0n) is 11.3. The molecule has 0 bridgehead atoms. The summed E-state index contributed by atoms with van der Waals surface area (Å²) in [5, 5.41) is 4.92. The van der Waals surface area contributed by atoms with E-state index >= 15 is 0 Å². The van der Waals surface area contributed by atoms with Gasteiger partial charge in [0.25, 0.3) is 0 Å². The summed E-state index contributed by atoms with van der Waals surface area (Å²) in [6.45, 7) is 2.14. The maximum absolute atomic E-state index is 6.27. The van der Waals surface area contributed by atoms with Crippen molar-refractivity contribution < 1.29 is 0 Å². The third kappa shape index (κ3) is 2.85. The van der Waals surface area contributed by atoms with Gasteiger partial charge in [0.1, 0.15) is 0 Å². The van der Waals surface area contributed by atoms with Gasteiger partial charge in [-0.15, -0.1) is 0 Å². The fourth-order valence-corrected chi connectivity index (χ4v) is 3.19. The third-order valence-corrected chi connectivity index (χ3v) is 4.76. The highest BCUT2D eigenvalue weighted by Crippen LogP contribution is 2.42. The van der Waals surface area contributed by atoms with E-state index in [9.17, 15) is 0 Å². The van der Waals surface area contributed by atoms with Crippen molar-refractivity contribution in [2.24, 2.45) is 0 Å². The minimum absolute atomic E-state index is 0.208. The van der Waals surface area contributed by atoms with E-state index in [1.54, 1.807) is 0 Å². The molecule has 1 saturated carbocycles. The summed E-state index contributed by atoms with van der Waals surface area (Å²) in [7, 11) is 0. The zero-order valence-corrected chi connectivity index (χ0v) is 12.8. The topological polar surface area (TPSA) is 12.0 Å². The summed E-state index contributed by atoms with van der Waals surface area (Å²) in [6, 6.07) is 17.2. The first kappa shape index (κ1) is 13.9. The quantitative estimate of drug-likeness (QED) is 0.818. The number of benzene rings is 2. The van der Waals surface area contributed by atoms with Gasteiger partial charge in [0.15, 0.2) is 0 Å². The van der Waals surface area contributed by atoms with E-state index in [0.717, 1.165) is 5.56 Å². The number of nitrogens with one attached hydrogen (secondary N) is 1. The number of rotatable bonds is 4. The van der Waals surface area contributed by atoms with Crippen LogP contribution in [0.15, 0.2) is 48.5 Å².